The van der Waals surface area contributed by atoms with Gasteiger partial charge in [-0.15, -0.1) is 0 Å². The van der Waals surface area contributed by atoms with E-state index in [0.717, 1.165) is 19.3 Å². The van der Waals surface area contributed by atoms with E-state index in [-0.39, 0.29) is 47.6 Å². The van der Waals surface area contributed by atoms with Gasteiger partial charge >= 0.3 is 6.03 Å². The molecule has 0 radical (unpaired) electrons. The van der Waals surface area contributed by atoms with Crippen molar-refractivity contribution in [2.75, 3.05) is 24.5 Å². The standard InChI is InChI=1S/C36H48FN3O2/c1-7-38(8-2)35(41)32-24-33-34(23-31(27(32)6)28-15-10-9-11-16-28)40(30-19-17-29(37)18-20-30)36(42)39(33)22-21-26(5)14-12-13-25(3)4/h9-11,13,15-21,27,31-34H,7-8,12,14,22-24H2,1-6H3/b26-21+/t27-,31-,32+,33-,34+/m1/s1. The van der Waals surface area contributed by atoms with Gasteiger partial charge in [-0.3, -0.25) is 9.69 Å². The van der Waals surface area contributed by atoms with Crippen LogP contribution in [0.5, 0.6) is 0 Å². The quantitative estimate of drug-likeness (QED) is 0.269. The lowest BCUT2D eigenvalue weighted by atomic mass is 9.77. The SMILES string of the molecule is CCN(CC)C(=O)[C@H]1C[C@@H]2[C@H](C[C@@H](c3ccccc3)[C@H]1C)N(c1ccc(F)cc1)C(=O)N2C/C=C(\C)CCC=C(C)C. The average Bonchev–Trinajstić information content (AvgIpc) is 3.13. The number of hydrogen-bond acceptors (Lipinski definition) is 2. The molecule has 226 valence electrons. The Morgan fingerprint density at radius 3 is 2.24 bits per heavy atom. The smallest absolute Gasteiger partial charge is 0.325 e. The van der Waals surface area contributed by atoms with Crippen LogP contribution in [0.2, 0.25) is 0 Å². The van der Waals surface area contributed by atoms with Crippen molar-refractivity contribution >= 4 is 17.6 Å². The van der Waals surface area contributed by atoms with Gasteiger partial charge in [0.15, 0.2) is 0 Å². The summed E-state index contributed by atoms with van der Waals surface area (Å²) in [6, 6.07) is 16.3. The van der Waals surface area contributed by atoms with Crippen molar-refractivity contribution in [1.29, 1.82) is 0 Å². The summed E-state index contributed by atoms with van der Waals surface area (Å²) >= 11 is 0. The lowest BCUT2D eigenvalue weighted by Gasteiger charge is -2.33. The second-order valence-electron chi connectivity index (χ2n) is 12.3. The summed E-state index contributed by atoms with van der Waals surface area (Å²) in [5.74, 6) is -0.163. The van der Waals surface area contributed by atoms with E-state index < -0.39 is 0 Å². The number of hydrogen-bond donors (Lipinski definition) is 0. The minimum atomic E-state index is -0.324. The van der Waals surface area contributed by atoms with Crippen LogP contribution >= 0.6 is 0 Å². The second-order valence-corrected chi connectivity index (χ2v) is 12.3. The number of rotatable bonds is 10. The molecule has 5 nitrogen and oxygen atoms in total. The Kier molecular flexibility index (Phi) is 10.6. The summed E-state index contributed by atoms with van der Waals surface area (Å²) in [4.78, 5) is 34.1. The first-order chi connectivity index (χ1) is 20.2. The molecule has 1 aliphatic heterocycles. The minimum Gasteiger partial charge on any atom is -0.343 e. The molecule has 1 heterocycles. The maximum absolute atomic E-state index is 14.3. The normalized spacial score (nSPS) is 24.3. The fraction of sp³-hybridized carbons (Fsp3) is 0.500. The van der Waals surface area contributed by atoms with Gasteiger partial charge < -0.3 is 9.80 Å². The third-order valence-corrected chi connectivity index (χ3v) is 9.34. The summed E-state index contributed by atoms with van der Waals surface area (Å²) in [5, 5.41) is 0. The first kappa shape index (κ1) is 31.5. The van der Waals surface area contributed by atoms with Crippen molar-refractivity contribution in [3.05, 3.63) is 89.3 Å². The minimum absolute atomic E-state index is 0.0691. The van der Waals surface area contributed by atoms with Gasteiger partial charge in [0.2, 0.25) is 5.91 Å². The molecule has 0 spiro atoms. The van der Waals surface area contributed by atoms with Crippen LogP contribution in [0.3, 0.4) is 0 Å². The largest absolute Gasteiger partial charge is 0.343 e. The molecule has 1 aliphatic carbocycles. The van der Waals surface area contributed by atoms with Gasteiger partial charge in [0.05, 0.1) is 12.1 Å². The van der Waals surface area contributed by atoms with Crippen LogP contribution in [-0.2, 0) is 4.79 Å². The van der Waals surface area contributed by atoms with E-state index in [1.807, 2.05) is 34.6 Å². The molecule has 2 fully saturated rings. The second kappa shape index (κ2) is 14.2. The number of nitrogens with zero attached hydrogens (tertiary/aromatic N) is 3. The van der Waals surface area contributed by atoms with Crippen LogP contribution in [-0.4, -0.2) is 53.5 Å². The molecule has 1 saturated heterocycles. The van der Waals surface area contributed by atoms with E-state index in [4.69, 9.17) is 0 Å². The predicted molar refractivity (Wildman–Crippen MR) is 170 cm³/mol. The number of allylic oxidation sites excluding steroid dienone is 3. The molecule has 2 aliphatic rings. The number of carbonyl (C=O) groups excluding carboxylic acids is 2. The Morgan fingerprint density at radius 1 is 0.952 bits per heavy atom. The van der Waals surface area contributed by atoms with Gasteiger partial charge in [0, 0.05) is 31.2 Å². The Morgan fingerprint density at radius 2 is 1.62 bits per heavy atom. The first-order valence-electron chi connectivity index (χ1n) is 15.6. The highest BCUT2D eigenvalue weighted by atomic mass is 19.1. The first-order valence-corrected chi connectivity index (χ1v) is 15.6. The molecule has 0 aromatic heterocycles. The maximum atomic E-state index is 14.3. The molecular formula is C36H48FN3O2. The van der Waals surface area contributed by atoms with Crippen molar-refractivity contribution in [3.63, 3.8) is 0 Å². The van der Waals surface area contributed by atoms with E-state index in [1.165, 1.54) is 28.8 Å². The zero-order chi connectivity index (χ0) is 30.4. The summed E-state index contributed by atoms with van der Waals surface area (Å²) in [6.45, 7) is 14.5. The average molecular weight is 574 g/mol. The third-order valence-electron chi connectivity index (χ3n) is 9.34. The maximum Gasteiger partial charge on any atom is 0.325 e. The number of halogens is 1. The topological polar surface area (TPSA) is 43.9 Å². The summed E-state index contributed by atoms with van der Waals surface area (Å²) < 4.78 is 14.0. The molecule has 5 atom stereocenters. The number of carbonyl (C=O) groups is 2. The van der Waals surface area contributed by atoms with E-state index in [1.54, 1.807) is 12.1 Å². The Bertz CT molecular complexity index is 1260. The monoisotopic (exact) mass is 573 g/mol. The molecule has 2 aromatic rings. The van der Waals surface area contributed by atoms with E-state index >= 15 is 0 Å². The summed E-state index contributed by atoms with van der Waals surface area (Å²) in [7, 11) is 0. The molecule has 6 heteroatoms. The van der Waals surface area contributed by atoms with Crippen molar-refractivity contribution in [2.24, 2.45) is 11.8 Å². The predicted octanol–water partition coefficient (Wildman–Crippen LogP) is 8.20. The highest BCUT2D eigenvalue weighted by Crippen LogP contribution is 2.46. The number of urea groups is 1. The Labute approximate surface area is 252 Å². The van der Waals surface area contributed by atoms with Crippen molar-refractivity contribution in [3.8, 4) is 0 Å². The Hall–Kier alpha value is -3.41. The Balaban J connectivity index is 1.77. The summed E-state index contributed by atoms with van der Waals surface area (Å²) in [6.07, 6.45) is 7.68. The molecular weight excluding hydrogens is 525 g/mol. The lowest BCUT2D eigenvalue weighted by molar-refractivity contribution is -0.137. The third kappa shape index (κ3) is 6.96. The van der Waals surface area contributed by atoms with E-state index in [9.17, 15) is 14.0 Å². The van der Waals surface area contributed by atoms with Crippen molar-refractivity contribution < 1.29 is 14.0 Å². The van der Waals surface area contributed by atoms with Crippen LogP contribution in [0, 0.1) is 17.7 Å². The molecule has 0 N–H and O–H groups in total. The lowest BCUT2D eigenvalue weighted by Crippen LogP contribution is -2.43. The highest BCUT2D eigenvalue weighted by Gasteiger charge is 2.52. The molecule has 0 unspecified atom stereocenters. The van der Waals surface area contributed by atoms with Crippen LogP contribution in [0.25, 0.3) is 0 Å². The van der Waals surface area contributed by atoms with Gasteiger partial charge in [-0.1, -0.05) is 60.6 Å². The van der Waals surface area contributed by atoms with E-state index in [0.29, 0.717) is 31.7 Å². The van der Waals surface area contributed by atoms with Crippen molar-refractivity contribution in [2.45, 2.75) is 85.2 Å². The van der Waals surface area contributed by atoms with Gasteiger partial charge in [-0.25, -0.2) is 9.18 Å². The number of anilines is 1. The molecule has 2 aromatic carbocycles. The molecule has 3 amide bonds. The number of fused-ring (bicyclic) bond motifs is 1. The number of amides is 3. The molecule has 4 rings (SSSR count). The number of benzene rings is 2. The molecule has 0 bridgehead atoms. The fourth-order valence-corrected chi connectivity index (χ4v) is 6.88. The van der Waals surface area contributed by atoms with Crippen LogP contribution in [0.15, 0.2) is 77.9 Å². The van der Waals surface area contributed by atoms with Crippen molar-refractivity contribution in [1.82, 2.24) is 9.80 Å². The van der Waals surface area contributed by atoms with Crippen LogP contribution in [0.1, 0.15) is 78.7 Å². The zero-order valence-corrected chi connectivity index (χ0v) is 26.2. The van der Waals surface area contributed by atoms with Crippen LogP contribution in [0.4, 0.5) is 14.9 Å². The highest BCUT2D eigenvalue weighted by molar-refractivity contribution is 5.96. The van der Waals surface area contributed by atoms with Gasteiger partial charge in [0.25, 0.3) is 0 Å². The summed E-state index contributed by atoms with van der Waals surface area (Å²) in [5.41, 5.74) is 4.45. The van der Waals surface area contributed by atoms with Gasteiger partial charge in [-0.05, 0) is 102 Å². The molecule has 42 heavy (non-hydrogen) atoms. The van der Waals surface area contributed by atoms with Gasteiger partial charge in [0.1, 0.15) is 5.82 Å². The zero-order valence-electron chi connectivity index (χ0n) is 26.2. The van der Waals surface area contributed by atoms with Gasteiger partial charge in [-0.2, -0.15) is 0 Å². The molecule has 1 saturated carbocycles. The van der Waals surface area contributed by atoms with Crippen LogP contribution < -0.4 is 4.90 Å². The van der Waals surface area contributed by atoms with E-state index in [2.05, 4.69) is 64.1 Å². The fourth-order valence-electron chi connectivity index (χ4n) is 6.88.